The number of amides is 1. The Morgan fingerprint density at radius 2 is 1.86 bits per heavy atom. The summed E-state index contributed by atoms with van der Waals surface area (Å²) >= 11 is 1.83. The maximum atomic E-state index is 13.4. The minimum Gasteiger partial charge on any atom is -0.345 e. The van der Waals surface area contributed by atoms with E-state index in [9.17, 15) is 4.79 Å². The van der Waals surface area contributed by atoms with Crippen LogP contribution in [0.3, 0.4) is 0 Å². The van der Waals surface area contributed by atoms with Crippen LogP contribution in [0.5, 0.6) is 0 Å². The molecule has 0 bridgehead atoms. The molecule has 0 aromatic carbocycles. The van der Waals surface area contributed by atoms with Gasteiger partial charge >= 0.3 is 0 Å². The van der Waals surface area contributed by atoms with E-state index in [1.54, 1.807) is 12.4 Å². The number of thiophene rings is 1. The van der Waals surface area contributed by atoms with Gasteiger partial charge in [0.05, 0.1) is 5.41 Å². The molecule has 1 atom stereocenters. The molecular weight excluding hydrogens is 370 g/mol. The molecule has 3 aliphatic heterocycles. The van der Waals surface area contributed by atoms with Crippen molar-refractivity contribution in [3.63, 3.8) is 0 Å². The van der Waals surface area contributed by atoms with E-state index in [1.165, 1.54) is 4.88 Å². The second kappa shape index (κ2) is 6.81. The molecule has 3 aliphatic rings. The van der Waals surface area contributed by atoms with Crippen molar-refractivity contribution >= 4 is 23.2 Å². The Hall–Kier alpha value is -1.99. The van der Waals surface area contributed by atoms with Gasteiger partial charge in [-0.2, -0.15) is 0 Å². The SMILES string of the molecule is CN1CCC2(CN(c3ncccn3)CC23CCN(Cc2cccs2)CC3)C1=O. The standard InChI is InChI=1S/C21H27N5OS/c1-24-10-7-21(18(24)27)16-26(19-22-8-3-9-23-19)15-20(21)5-11-25(12-6-20)14-17-4-2-13-28-17/h2-4,8-9,13H,5-7,10-12,14-16H2,1H3. The lowest BCUT2D eigenvalue weighted by Gasteiger charge is -2.46. The molecule has 2 spiro atoms. The number of anilines is 1. The summed E-state index contributed by atoms with van der Waals surface area (Å²) < 4.78 is 0. The van der Waals surface area contributed by atoms with E-state index in [2.05, 4.69) is 37.3 Å². The number of rotatable bonds is 3. The lowest BCUT2D eigenvalue weighted by molar-refractivity contribution is -0.141. The number of aromatic nitrogens is 2. The molecule has 0 radical (unpaired) electrons. The van der Waals surface area contributed by atoms with E-state index >= 15 is 0 Å². The first-order valence-corrected chi connectivity index (χ1v) is 11.0. The van der Waals surface area contributed by atoms with Crippen molar-refractivity contribution in [2.24, 2.45) is 10.8 Å². The second-order valence-electron chi connectivity index (χ2n) is 8.60. The Labute approximate surface area is 170 Å². The highest BCUT2D eigenvalue weighted by Gasteiger charge is 2.65. The van der Waals surface area contributed by atoms with Crippen LogP contribution in [0.2, 0.25) is 0 Å². The highest BCUT2D eigenvalue weighted by atomic mass is 32.1. The number of carbonyl (C=O) groups excluding carboxylic acids is 1. The van der Waals surface area contributed by atoms with Gasteiger partial charge < -0.3 is 9.80 Å². The molecule has 0 saturated carbocycles. The molecule has 28 heavy (non-hydrogen) atoms. The number of nitrogens with zero attached hydrogens (tertiary/aromatic N) is 5. The summed E-state index contributed by atoms with van der Waals surface area (Å²) in [6.45, 7) is 5.65. The van der Waals surface area contributed by atoms with Gasteiger partial charge in [-0.15, -0.1) is 11.3 Å². The van der Waals surface area contributed by atoms with Crippen molar-refractivity contribution in [3.8, 4) is 0 Å². The third kappa shape index (κ3) is 2.75. The summed E-state index contributed by atoms with van der Waals surface area (Å²) in [6, 6.07) is 6.20. The smallest absolute Gasteiger partial charge is 0.231 e. The lowest BCUT2D eigenvalue weighted by Crippen LogP contribution is -2.52. The minimum absolute atomic E-state index is 0.0278. The molecule has 2 aromatic rings. The number of hydrogen-bond acceptors (Lipinski definition) is 6. The molecule has 0 N–H and O–H groups in total. The van der Waals surface area contributed by atoms with Gasteiger partial charge in [0.2, 0.25) is 11.9 Å². The molecule has 148 valence electrons. The Balaban J connectivity index is 1.40. The number of likely N-dealkylation sites (tertiary alicyclic amines) is 2. The van der Waals surface area contributed by atoms with Gasteiger partial charge in [-0.05, 0) is 49.9 Å². The van der Waals surface area contributed by atoms with Gasteiger partial charge in [-0.25, -0.2) is 9.97 Å². The molecule has 1 unspecified atom stereocenters. The predicted octanol–water partition coefficient (Wildman–Crippen LogP) is 2.49. The minimum atomic E-state index is -0.282. The normalized spacial score (nSPS) is 27.4. The highest BCUT2D eigenvalue weighted by Crippen LogP contribution is 2.58. The van der Waals surface area contributed by atoms with Crippen LogP contribution in [0.25, 0.3) is 0 Å². The van der Waals surface area contributed by atoms with Crippen LogP contribution in [-0.4, -0.2) is 65.4 Å². The van der Waals surface area contributed by atoms with E-state index in [1.807, 2.05) is 29.4 Å². The molecule has 7 heteroatoms. The Morgan fingerprint density at radius 3 is 2.50 bits per heavy atom. The summed E-state index contributed by atoms with van der Waals surface area (Å²) in [5.74, 6) is 1.10. The summed E-state index contributed by atoms with van der Waals surface area (Å²) in [6.07, 6.45) is 6.69. The zero-order valence-corrected chi connectivity index (χ0v) is 17.2. The number of carbonyl (C=O) groups is 1. The maximum Gasteiger partial charge on any atom is 0.231 e. The largest absolute Gasteiger partial charge is 0.345 e. The zero-order valence-electron chi connectivity index (χ0n) is 16.4. The first-order chi connectivity index (χ1) is 13.6. The second-order valence-corrected chi connectivity index (χ2v) is 9.63. The fourth-order valence-electron chi connectivity index (χ4n) is 5.63. The average molecular weight is 398 g/mol. The van der Waals surface area contributed by atoms with Gasteiger partial charge in [0, 0.05) is 55.9 Å². The maximum absolute atomic E-state index is 13.4. The van der Waals surface area contributed by atoms with Crippen molar-refractivity contribution in [1.82, 2.24) is 19.8 Å². The van der Waals surface area contributed by atoms with E-state index in [0.29, 0.717) is 5.91 Å². The van der Waals surface area contributed by atoms with E-state index < -0.39 is 0 Å². The monoisotopic (exact) mass is 397 g/mol. The van der Waals surface area contributed by atoms with Gasteiger partial charge in [0.15, 0.2) is 0 Å². The molecule has 5 rings (SSSR count). The molecule has 2 aromatic heterocycles. The molecule has 3 fully saturated rings. The fraction of sp³-hybridized carbons (Fsp3) is 0.571. The van der Waals surface area contributed by atoms with Crippen LogP contribution < -0.4 is 4.90 Å². The third-order valence-electron chi connectivity index (χ3n) is 7.21. The van der Waals surface area contributed by atoms with Crippen LogP contribution >= 0.6 is 11.3 Å². The van der Waals surface area contributed by atoms with Crippen molar-refractivity contribution in [2.75, 3.05) is 44.7 Å². The van der Waals surface area contributed by atoms with Crippen molar-refractivity contribution in [2.45, 2.75) is 25.8 Å². The highest BCUT2D eigenvalue weighted by molar-refractivity contribution is 7.09. The van der Waals surface area contributed by atoms with Crippen LogP contribution in [-0.2, 0) is 11.3 Å². The van der Waals surface area contributed by atoms with Gasteiger partial charge in [0.1, 0.15) is 0 Å². The Bertz CT molecular complexity index is 834. The summed E-state index contributed by atoms with van der Waals surface area (Å²) in [7, 11) is 1.96. The Kier molecular flexibility index (Phi) is 4.39. The number of fused-ring (bicyclic) bond motifs is 1. The van der Waals surface area contributed by atoms with Crippen LogP contribution in [0.4, 0.5) is 5.95 Å². The first kappa shape index (κ1) is 18.1. The van der Waals surface area contributed by atoms with Gasteiger partial charge in [-0.1, -0.05) is 6.07 Å². The molecule has 3 saturated heterocycles. The zero-order chi connectivity index (χ0) is 19.2. The summed E-state index contributed by atoms with van der Waals surface area (Å²) in [5, 5.41) is 2.15. The van der Waals surface area contributed by atoms with E-state index in [-0.39, 0.29) is 10.8 Å². The average Bonchev–Trinajstić information content (AvgIpc) is 3.42. The first-order valence-electron chi connectivity index (χ1n) is 10.1. The van der Waals surface area contributed by atoms with Gasteiger partial charge in [-0.3, -0.25) is 9.69 Å². The van der Waals surface area contributed by atoms with Crippen molar-refractivity contribution < 1.29 is 4.79 Å². The lowest BCUT2D eigenvalue weighted by atomic mass is 9.60. The van der Waals surface area contributed by atoms with Crippen LogP contribution in [0.15, 0.2) is 36.0 Å². The molecule has 6 nitrogen and oxygen atoms in total. The molecule has 5 heterocycles. The predicted molar refractivity (Wildman–Crippen MR) is 110 cm³/mol. The molecule has 1 amide bonds. The van der Waals surface area contributed by atoms with Crippen LogP contribution in [0.1, 0.15) is 24.1 Å². The van der Waals surface area contributed by atoms with Crippen molar-refractivity contribution in [3.05, 3.63) is 40.8 Å². The van der Waals surface area contributed by atoms with Crippen molar-refractivity contribution in [1.29, 1.82) is 0 Å². The van der Waals surface area contributed by atoms with E-state index in [4.69, 9.17) is 0 Å². The Morgan fingerprint density at radius 1 is 1.07 bits per heavy atom. The quantitative estimate of drug-likeness (QED) is 0.797. The van der Waals surface area contributed by atoms with Gasteiger partial charge in [0.25, 0.3) is 0 Å². The summed E-state index contributed by atoms with van der Waals surface area (Å²) in [4.78, 5) is 30.5. The number of piperidine rings is 1. The molecule has 0 aliphatic carbocycles. The fourth-order valence-corrected chi connectivity index (χ4v) is 6.38. The third-order valence-corrected chi connectivity index (χ3v) is 8.07. The molecular formula is C21H27N5OS. The van der Waals surface area contributed by atoms with Crippen LogP contribution in [0, 0.1) is 10.8 Å². The summed E-state index contributed by atoms with van der Waals surface area (Å²) in [5.41, 5.74) is -0.254. The van der Waals surface area contributed by atoms with E-state index in [0.717, 1.165) is 64.5 Å². The topological polar surface area (TPSA) is 52.6 Å². The number of hydrogen-bond donors (Lipinski definition) is 0.